The van der Waals surface area contributed by atoms with Crippen LogP contribution in [-0.2, 0) is 0 Å². The minimum Gasteiger partial charge on any atom is -0.372 e. The quantitative estimate of drug-likeness (QED) is 0.324. The summed E-state index contributed by atoms with van der Waals surface area (Å²) >= 11 is 12.8. The van der Waals surface area contributed by atoms with Crippen LogP contribution in [0.1, 0.15) is 30.5 Å². The van der Waals surface area contributed by atoms with E-state index in [1.807, 2.05) is 13.0 Å². The lowest BCUT2D eigenvalue weighted by molar-refractivity contribution is 0.578. The first-order valence-corrected chi connectivity index (χ1v) is 11.4. The third kappa shape index (κ3) is 4.15. The summed E-state index contributed by atoms with van der Waals surface area (Å²) in [4.78, 5) is 7.12. The predicted octanol–water partition coefficient (Wildman–Crippen LogP) is 7.19. The van der Waals surface area contributed by atoms with E-state index < -0.39 is 0 Å². The summed E-state index contributed by atoms with van der Waals surface area (Å²) in [6.45, 7) is 4.11. The highest BCUT2D eigenvalue weighted by Crippen LogP contribution is 2.41. The van der Waals surface area contributed by atoms with Gasteiger partial charge in [0.25, 0.3) is 0 Å². The molecule has 2 aromatic carbocycles. The summed E-state index contributed by atoms with van der Waals surface area (Å²) in [5.41, 5.74) is 5.92. The number of nitrogens with zero attached hydrogens (tertiary/aromatic N) is 4. The van der Waals surface area contributed by atoms with Crippen molar-refractivity contribution in [3.8, 4) is 28.5 Å². The van der Waals surface area contributed by atoms with Crippen molar-refractivity contribution in [2.75, 3.05) is 18.0 Å². The van der Waals surface area contributed by atoms with Crippen molar-refractivity contribution in [3.05, 3.63) is 63.8 Å². The Balaban J connectivity index is 0.00000259. The molecule has 1 saturated heterocycles. The van der Waals surface area contributed by atoms with Crippen molar-refractivity contribution in [2.24, 2.45) is 0 Å². The van der Waals surface area contributed by atoms with Crippen molar-refractivity contribution < 1.29 is 0 Å². The van der Waals surface area contributed by atoms with Gasteiger partial charge in [-0.15, -0.1) is 12.4 Å². The summed E-state index contributed by atoms with van der Waals surface area (Å²) in [5, 5.41) is 19.2. The molecular formula is C25H22Cl3N5. The zero-order valence-electron chi connectivity index (χ0n) is 18.0. The number of benzene rings is 2. The van der Waals surface area contributed by atoms with Gasteiger partial charge in [0.1, 0.15) is 6.07 Å². The zero-order valence-corrected chi connectivity index (χ0v) is 20.4. The average Bonchev–Trinajstić information content (AvgIpc) is 3.20. The van der Waals surface area contributed by atoms with Gasteiger partial charge in [-0.25, -0.2) is 4.98 Å². The third-order valence-corrected chi connectivity index (χ3v) is 6.90. The Bertz CT molecular complexity index is 1350. The number of aryl methyl sites for hydroxylation is 1. The molecule has 5 rings (SSSR count). The maximum absolute atomic E-state index is 10.2. The van der Waals surface area contributed by atoms with Crippen LogP contribution in [0.3, 0.4) is 0 Å². The number of hydrogen-bond acceptors (Lipinski definition) is 4. The van der Waals surface area contributed by atoms with Gasteiger partial charge in [-0.3, -0.25) is 5.10 Å². The van der Waals surface area contributed by atoms with Crippen LogP contribution >= 0.6 is 35.6 Å². The van der Waals surface area contributed by atoms with Crippen molar-refractivity contribution >= 4 is 52.3 Å². The number of anilines is 1. The molecule has 1 aliphatic rings. The Labute approximate surface area is 208 Å². The summed E-state index contributed by atoms with van der Waals surface area (Å²) in [6.07, 6.45) is 3.75. The Hall–Kier alpha value is -2.78. The smallest absolute Gasteiger partial charge is 0.182 e. The second-order valence-electron chi connectivity index (χ2n) is 8.07. The fraction of sp³-hybridized carbons (Fsp3) is 0.240. The molecule has 0 bridgehead atoms. The molecule has 0 radical (unpaired) electrons. The fourth-order valence-corrected chi connectivity index (χ4v) is 4.86. The van der Waals surface area contributed by atoms with E-state index in [-0.39, 0.29) is 12.4 Å². The molecule has 5 nitrogen and oxygen atoms in total. The number of aromatic amines is 1. The van der Waals surface area contributed by atoms with Gasteiger partial charge in [-0.1, -0.05) is 47.5 Å². The maximum Gasteiger partial charge on any atom is 0.182 e. The molecule has 0 spiro atoms. The molecule has 2 aromatic heterocycles. The van der Waals surface area contributed by atoms with Crippen LogP contribution in [-0.4, -0.2) is 28.3 Å². The van der Waals surface area contributed by atoms with E-state index in [0.29, 0.717) is 32.5 Å². The summed E-state index contributed by atoms with van der Waals surface area (Å²) in [7, 11) is 0. The molecule has 8 heteroatoms. The first-order chi connectivity index (χ1) is 15.6. The summed E-state index contributed by atoms with van der Waals surface area (Å²) in [6, 6.07) is 16.2. The second-order valence-corrected chi connectivity index (χ2v) is 8.85. The van der Waals surface area contributed by atoms with Crippen LogP contribution in [0.5, 0.6) is 0 Å². The first kappa shape index (κ1) is 23.4. The highest BCUT2D eigenvalue weighted by Gasteiger charge is 2.23. The number of pyridine rings is 1. The number of H-pyrrole nitrogens is 1. The van der Waals surface area contributed by atoms with Gasteiger partial charge in [-0.05, 0) is 49.9 Å². The zero-order chi connectivity index (χ0) is 22.2. The lowest BCUT2D eigenvalue weighted by Crippen LogP contribution is -2.29. The Kier molecular flexibility index (Phi) is 6.81. The molecule has 1 fully saturated rings. The van der Waals surface area contributed by atoms with Gasteiger partial charge in [-0.2, -0.15) is 10.4 Å². The van der Waals surface area contributed by atoms with Gasteiger partial charge in [0.05, 0.1) is 26.7 Å². The van der Waals surface area contributed by atoms with Crippen LogP contribution < -0.4 is 4.90 Å². The minimum atomic E-state index is 0. The van der Waals surface area contributed by atoms with E-state index in [9.17, 15) is 5.26 Å². The average molecular weight is 499 g/mol. The van der Waals surface area contributed by atoms with Crippen molar-refractivity contribution in [1.82, 2.24) is 15.2 Å². The van der Waals surface area contributed by atoms with Gasteiger partial charge in [0.15, 0.2) is 5.65 Å². The van der Waals surface area contributed by atoms with E-state index in [2.05, 4.69) is 45.4 Å². The number of rotatable bonds is 3. The van der Waals surface area contributed by atoms with Gasteiger partial charge < -0.3 is 4.90 Å². The molecular weight excluding hydrogens is 477 g/mol. The van der Waals surface area contributed by atoms with Crippen LogP contribution in [0.15, 0.2) is 42.5 Å². The molecule has 0 aliphatic carbocycles. The van der Waals surface area contributed by atoms with E-state index >= 15 is 0 Å². The standard InChI is InChI=1S/C25H21Cl2N5.ClH/c1-15-21-22(16-8-10-17(11-9-16)32-12-3-2-4-13-32)19(14-28)24(29-25(21)31-30-15)18-6-5-7-20(26)23(18)27;/h5-11H,2-4,12-13H2,1H3,(H,29,30,31);1H. The normalized spacial score (nSPS) is 13.6. The molecule has 3 heterocycles. The fourth-order valence-electron chi connectivity index (χ4n) is 4.47. The minimum absolute atomic E-state index is 0. The van der Waals surface area contributed by atoms with E-state index in [0.717, 1.165) is 35.3 Å². The molecule has 1 N–H and O–H groups in total. The van der Waals surface area contributed by atoms with Crippen LogP contribution in [0, 0.1) is 18.3 Å². The molecule has 1 aliphatic heterocycles. The third-order valence-electron chi connectivity index (χ3n) is 6.08. The number of fused-ring (bicyclic) bond motifs is 1. The number of piperidine rings is 1. The molecule has 0 unspecified atom stereocenters. The van der Waals surface area contributed by atoms with Crippen LogP contribution in [0.2, 0.25) is 10.0 Å². The lowest BCUT2D eigenvalue weighted by atomic mass is 9.93. The van der Waals surface area contributed by atoms with Crippen molar-refractivity contribution in [1.29, 1.82) is 5.26 Å². The summed E-state index contributed by atoms with van der Waals surface area (Å²) < 4.78 is 0. The lowest BCUT2D eigenvalue weighted by Gasteiger charge is -2.29. The Morgan fingerprint density at radius 2 is 1.76 bits per heavy atom. The second kappa shape index (κ2) is 9.61. The first-order valence-electron chi connectivity index (χ1n) is 10.7. The summed E-state index contributed by atoms with van der Waals surface area (Å²) in [5.74, 6) is 0. The van der Waals surface area contributed by atoms with Gasteiger partial charge in [0, 0.05) is 35.6 Å². The molecule has 0 saturated carbocycles. The molecule has 33 heavy (non-hydrogen) atoms. The highest BCUT2D eigenvalue weighted by molar-refractivity contribution is 6.43. The molecule has 0 amide bonds. The SMILES string of the molecule is Cc1[nH]nc2nc(-c3cccc(Cl)c3Cl)c(C#N)c(-c3ccc(N4CCCCC4)cc3)c12.Cl. The Morgan fingerprint density at radius 1 is 1.03 bits per heavy atom. The number of nitriles is 1. The topological polar surface area (TPSA) is 68.6 Å². The Morgan fingerprint density at radius 3 is 2.45 bits per heavy atom. The predicted molar refractivity (Wildman–Crippen MR) is 138 cm³/mol. The number of nitrogens with one attached hydrogen (secondary N) is 1. The number of aromatic nitrogens is 3. The maximum atomic E-state index is 10.2. The molecule has 168 valence electrons. The van der Waals surface area contributed by atoms with Crippen molar-refractivity contribution in [3.63, 3.8) is 0 Å². The molecule has 0 atom stereocenters. The van der Waals surface area contributed by atoms with Gasteiger partial charge >= 0.3 is 0 Å². The monoisotopic (exact) mass is 497 g/mol. The largest absolute Gasteiger partial charge is 0.372 e. The molecule has 4 aromatic rings. The van der Waals surface area contributed by atoms with E-state index in [1.54, 1.807) is 12.1 Å². The number of halogens is 3. The van der Waals surface area contributed by atoms with Crippen LogP contribution in [0.4, 0.5) is 5.69 Å². The van der Waals surface area contributed by atoms with E-state index in [4.69, 9.17) is 28.2 Å². The van der Waals surface area contributed by atoms with Gasteiger partial charge in [0.2, 0.25) is 0 Å². The van der Waals surface area contributed by atoms with Crippen LogP contribution in [0.25, 0.3) is 33.4 Å². The highest BCUT2D eigenvalue weighted by atomic mass is 35.5. The van der Waals surface area contributed by atoms with E-state index in [1.165, 1.54) is 24.9 Å². The number of hydrogen-bond donors (Lipinski definition) is 1. The van der Waals surface area contributed by atoms with Crippen molar-refractivity contribution in [2.45, 2.75) is 26.2 Å².